The quantitative estimate of drug-likeness (QED) is 0.529. The summed E-state index contributed by atoms with van der Waals surface area (Å²) in [5.74, 6) is 0. The summed E-state index contributed by atoms with van der Waals surface area (Å²) >= 11 is 5.87. The third kappa shape index (κ3) is 1.33. The summed E-state index contributed by atoms with van der Waals surface area (Å²) in [5, 5.41) is -0.123. The lowest BCUT2D eigenvalue weighted by Gasteiger charge is -1.91. The number of halogens is 1. The molecule has 3 rings (SSSR count). The monoisotopic (exact) mass is 218 g/mol. The lowest BCUT2D eigenvalue weighted by molar-refractivity contribution is 0.669. The van der Waals surface area contributed by atoms with E-state index in [9.17, 15) is 0 Å². The zero-order valence-corrected chi connectivity index (χ0v) is 8.12. The molecule has 3 heteroatoms. The molecule has 0 aliphatic carbocycles. The molecule has 0 spiro atoms. The van der Waals surface area contributed by atoms with Crippen LogP contribution in [0.2, 0.25) is 5.02 Å². The Kier molecular flexibility index (Phi) is 0.938. The van der Waals surface area contributed by atoms with E-state index in [4.69, 9.17) is 32.1 Å². The van der Waals surface area contributed by atoms with E-state index in [1.165, 1.54) is 0 Å². The van der Waals surface area contributed by atoms with E-state index >= 15 is 0 Å². The van der Waals surface area contributed by atoms with E-state index in [1.54, 1.807) is 0 Å². The van der Waals surface area contributed by atoms with Crippen LogP contribution >= 0.6 is 11.6 Å². The number of hydrogen-bond acceptors (Lipinski definition) is 1. The lowest BCUT2D eigenvalue weighted by Crippen LogP contribution is -1.98. The van der Waals surface area contributed by atoms with Crippen LogP contribution in [0.5, 0.6) is 0 Å². The summed E-state index contributed by atoms with van der Waals surface area (Å²) in [7, 11) is 5.59. The van der Waals surface area contributed by atoms with Crippen molar-refractivity contribution in [3.8, 4) is 0 Å². The van der Waals surface area contributed by atoms with E-state index in [1.807, 2.05) is 0 Å². The largest absolute Gasteiger partial charge is 0.456 e. The highest BCUT2D eigenvalue weighted by atomic mass is 35.5. The highest BCUT2D eigenvalue weighted by Gasteiger charge is 2.06. The molecular formula is C12H6BClO. The molecule has 15 heavy (non-hydrogen) atoms. The molecule has 2 aromatic carbocycles. The first-order chi connectivity index (χ1) is 9.77. The highest BCUT2D eigenvalue weighted by Crippen LogP contribution is 2.29. The maximum absolute atomic E-state index is 7.98. The maximum Gasteiger partial charge on any atom is 0.135 e. The molecule has 0 atom stereocenters. The van der Waals surface area contributed by atoms with Gasteiger partial charge >= 0.3 is 0 Å². The molecule has 0 fully saturated rings. The van der Waals surface area contributed by atoms with Gasteiger partial charge in [-0.1, -0.05) is 29.1 Å². The number of rotatable bonds is 0. The fourth-order valence-corrected chi connectivity index (χ4v) is 1.52. The number of hydrogen-bond donors (Lipinski definition) is 0. The summed E-state index contributed by atoms with van der Waals surface area (Å²) in [6.45, 7) is 0. The second-order valence-corrected chi connectivity index (χ2v) is 3.37. The van der Waals surface area contributed by atoms with Crippen molar-refractivity contribution in [2.45, 2.75) is 0 Å². The van der Waals surface area contributed by atoms with Crippen LogP contribution in [0.4, 0.5) is 0 Å². The van der Waals surface area contributed by atoms with E-state index in [2.05, 4.69) is 0 Å². The lowest BCUT2D eigenvalue weighted by atomic mass is 9.95. The van der Waals surface area contributed by atoms with Crippen molar-refractivity contribution < 1.29 is 12.6 Å². The summed E-state index contributed by atoms with van der Waals surface area (Å²) in [5.41, 5.74) is -0.384. The van der Waals surface area contributed by atoms with Crippen molar-refractivity contribution in [3.05, 3.63) is 41.3 Å². The number of fused-ring (bicyclic) bond motifs is 3. The van der Waals surface area contributed by atoms with Crippen LogP contribution in [0.25, 0.3) is 21.9 Å². The third-order valence-corrected chi connectivity index (χ3v) is 2.19. The summed E-state index contributed by atoms with van der Waals surface area (Å²) < 4.78 is 52.5. The van der Waals surface area contributed by atoms with Gasteiger partial charge in [0.1, 0.15) is 19.0 Å². The predicted molar refractivity (Wildman–Crippen MR) is 64.1 cm³/mol. The Morgan fingerprint density at radius 1 is 1.07 bits per heavy atom. The van der Waals surface area contributed by atoms with Gasteiger partial charge in [0.25, 0.3) is 0 Å². The molecule has 0 N–H and O–H groups in total. The van der Waals surface area contributed by atoms with Gasteiger partial charge in [-0.25, -0.2) is 0 Å². The normalized spacial score (nSPS) is 16.9. The van der Waals surface area contributed by atoms with Gasteiger partial charge in [-0.15, -0.1) is 0 Å². The molecule has 0 amide bonds. The van der Waals surface area contributed by atoms with Gasteiger partial charge in [-0.05, 0) is 24.2 Å². The van der Waals surface area contributed by atoms with Crippen molar-refractivity contribution in [3.63, 3.8) is 0 Å². The average Bonchev–Trinajstić information content (AvgIpc) is 2.87. The molecule has 1 heterocycles. The summed E-state index contributed by atoms with van der Waals surface area (Å²) in [6, 6.07) is -1.85. The van der Waals surface area contributed by atoms with E-state index in [0.29, 0.717) is 0 Å². The molecule has 1 nitrogen and oxygen atoms in total. The molecule has 70 valence electrons. The summed E-state index contributed by atoms with van der Waals surface area (Å²) in [6.07, 6.45) is 0. The zero-order valence-electron chi connectivity index (χ0n) is 13.4. The molecule has 0 saturated carbocycles. The second-order valence-electron chi connectivity index (χ2n) is 2.99. The predicted octanol–water partition coefficient (Wildman–Crippen LogP) is 3.03. The second kappa shape index (κ2) is 3.04. The first-order valence-electron chi connectivity index (χ1n) is 7.14. The van der Waals surface area contributed by atoms with E-state index in [-0.39, 0.29) is 68.7 Å². The van der Waals surface area contributed by atoms with Crippen LogP contribution in [0.1, 0.15) is 8.22 Å². The number of furan rings is 1. The zero-order chi connectivity index (χ0) is 15.6. The minimum Gasteiger partial charge on any atom is -0.456 e. The van der Waals surface area contributed by atoms with Gasteiger partial charge in [-0.3, -0.25) is 0 Å². The van der Waals surface area contributed by atoms with Gasteiger partial charge in [-0.2, -0.15) is 0 Å². The van der Waals surface area contributed by atoms with Crippen LogP contribution in [-0.2, 0) is 0 Å². The molecule has 0 aliphatic rings. The molecule has 0 aliphatic heterocycles. The first kappa shape index (κ1) is 4.62. The Morgan fingerprint density at radius 3 is 2.80 bits per heavy atom. The molecule has 3 aromatic rings. The van der Waals surface area contributed by atoms with Crippen molar-refractivity contribution in [2.24, 2.45) is 0 Å². The number of benzene rings is 2. The van der Waals surface area contributed by atoms with Gasteiger partial charge < -0.3 is 4.42 Å². The van der Waals surface area contributed by atoms with Gasteiger partial charge in [0.2, 0.25) is 0 Å². The van der Waals surface area contributed by atoms with Gasteiger partial charge in [0.15, 0.2) is 0 Å². The highest BCUT2D eigenvalue weighted by molar-refractivity contribution is 6.34. The van der Waals surface area contributed by atoms with E-state index in [0.717, 1.165) is 0 Å². The smallest absolute Gasteiger partial charge is 0.135 e. The van der Waals surface area contributed by atoms with Gasteiger partial charge in [0, 0.05) is 15.8 Å². The molecule has 2 radical (unpaired) electrons. The average molecular weight is 218 g/mol. The van der Waals surface area contributed by atoms with E-state index < -0.39 is 0 Å². The van der Waals surface area contributed by atoms with Gasteiger partial charge in [0.05, 0.1) is 8.22 Å². The molecular weight excluding hydrogens is 206 g/mol. The Labute approximate surface area is 101 Å². The fraction of sp³-hybridized carbons (Fsp3) is 0. The standard InChI is InChI=1S/C12H6BClO/c13-7-1-3-9-10-6-8(14)2-4-11(10)15-12(9)5-7/h1-6H/i1D,2D,3D,4D,5D,6D. The molecule has 0 bridgehead atoms. The van der Waals surface area contributed by atoms with Crippen LogP contribution in [0.15, 0.2) is 40.7 Å². The van der Waals surface area contributed by atoms with Crippen molar-refractivity contribution in [1.29, 1.82) is 0 Å². The van der Waals surface area contributed by atoms with Crippen LogP contribution < -0.4 is 5.46 Å². The first-order valence-corrected chi connectivity index (χ1v) is 4.51. The van der Waals surface area contributed by atoms with Crippen molar-refractivity contribution in [2.75, 3.05) is 0 Å². The Balaban J connectivity index is 2.73. The maximum atomic E-state index is 7.98. The fourth-order valence-electron chi connectivity index (χ4n) is 1.38. The van der Waals surface area contributed by atoms with Crippen molar-refractivity contribution in [1.82, 2.24) is 0 Å². The molecule has 1 aromatic heterocycles. The van der Waals surface area contributed by atoms with Crippen LogP contribution in [-0.4, -0.2) is 7.85 Å². The SMILES string of the molecule is [2H]c1c(Cl)c([2H])c2c(oc3c([2H])c([B])c([2H])c([2H])c32)c1[2H]. The van der Waals surface area contributed by atoms with Crippen molar-refractivity contribution >= 4 is 46.8 Å². The Bertz CT molecular complexity index is 861. The molecule has 0 unspecified atom stereocenters. The van der Waals surface area contributed by atoms with Crippen LogP contribution in [0, 0.1) is 0 Å². The minimum atomic E-state index is -0.356. The molecule has 0 saturated heterocycles. The topological polar surface area (TPSA) is 13.1 Å². The summed E-state index contributed by atoms with van der Waals surface area (Å²) in [4.78, 5) is 0. The third-order valence-electron chi connectivity index (χ3n) is 2.00. The minimum absolute atomic E-state index is 0.0506. The Morgan fingerprint density at radius 2 is 1.93 bits per heavy atom. The van der Waals surface area contributed by atoms with Crippen LogP contribution in [0.3, 0.4) is 0 Å². The Hall–Kier alpha value is -1.41.